The number of ether oxygens (including phenoxy) is 1. The Bertz CT molecular complexity index is 819. The van der Waals surface area contributed by atoms with E-state index < -0.39 is 31.2 Å². The Balaban J connectivity index is 1.80. The van der Waals surface area contributed by atoms with Gasteiger partial charge in [0.15, 0.2) is 18.2 Å². The van der Waals surface area contributed by atoms with Crippen LogP contribution in [0.25, 0.3) is 22.5 Å². The molecule has 2 N–H and O–H groups in total. The lowest BCUT2D eigenvalue weighted by molar-refractivity contribution is -0.0457. The Morgan fingerprint density at radius 1 is 1.30 bits per heavy atom. The molecule has 3 aromatic rings. The van der Waals surface area contributed by atoms with Crippen LogP contribution in [0.2, 0.25) is 0 Å². The molecule has 0 saturated carbocycles. The van der Waals surface area contributed by atoms with Crippen LogP contribution in [0.4, 0.5) is 4.39 Å². The number of halogens is 1. The van der Waals surface area contributed by atoms with E-state index in [1.54, 1.807) is 30.7 Å². The molecule has 120 valence electrons. The van der Waals surface area contributed by atoms with Gasteiger partial charge in [-0.2, -0.15) is 0 Å². The normalized spacial score (nSPS) is 27.8. The van der Waals surface area contributed by atoms with Gasteiger partial charge in [-0.25, -0.2) is 14.4 Å². The lowest BCUT2D eigenvalue weighted by atomic mass is 10.1. The van der Waals surface area contributed by atoms with Crippen LogP contribution in [0, 0.1) is 0 Å². The van der Waals surface area contributed by atoms with Crippen LogP contribution in [0.1, 0.15) is 6.23 Å². The zero-order valence-corrected chi connectivity index (χ0v) is 11.9. The van der Waals surface area contributed by atoms with Gasteiger partial charge in [-0.3, -0.25) is 0 Å². The molecule has 1 saturated heterocycles. The second kappa shape index (κ2) is 5.41. The molecule has 8 heteroatoms. The Morgan fingerprint density at radius 2 is 2.17 bits per heavy atom. The lowest BCUT2D eigenvalue weighted by Gasteiger charge is -2.15. The summed E-state index contributed by atoms with van der Waals surface area (Å²) in [6, 6.07) is 5.26. The standard InChI is InChI=1S/C15H14FN3O4/c16-11-13(21)10(6-20)23-15(11)19-4-3-8-12(9-2-1-5-22-9)17-7-18-14(8)19/h1-5,7,10-11,13,15,20-21H,6H2/t10-,11-,13-,15-/m1/s1. The molecule has 7 nitrogen and oxygen atoms in total. The monoisotopic (exact) mass is 319 g/mol. The first-order chi connectivity index (χ1) is 11.2. The number of fused-ring (bicyclic) bond motifs is 1. The third-order valence-electron chi connectivity index (χ3n) is 4.01. The van der Waals surface area contributed by atoms with Crippen LogP contribution in [0.15, 0.2) is 41.4 Å². The molecule has 3 aromatic heterocycles. The van der Waals surface area contributed by atoms with E-state index in [4.69, 9.17) is 14.3 Å². The van der Waals surface area contributed by atoms with Crippen LogP contribution in [0.3, 0.4) is 0 Å². The lowest BCUT2D eigenvalue weighted by Crippen LogP contribution is -2.30. The molecule has 0 spiro atoms. The van der Waals surface area contributed by atoms with E-state index in [1.165, 1.54) is 10.9 Å². The van der Waals surface area contributed by atoms with Crippen molar-refractivity contribution >= 4 is 11.0 Å². The zero-order valence-electron chi connectivity index (χ0n) is 11.9. The van der Waals surface area contributed by atoms with Gasteiger partial charge in [0.1, 0.15) is 29.9 Å². The summed E-state index contributed by atoms with van der Waals surface area (Å²) in [6.07, 6.45) is -0.537. The summed E-state index contributed by atoms with van der Waals surface area (Å²) in [5.74, 6) is 0.576. The van der Waals surface area contributed by atoms with Gasteiger partial charge in [-0.1, -0.05) is 0 Å². The van der Waals surface area contributed by atoms with E-state index in [0.29, 0.717) is 22.5 Å². The highest BCUT2D eigenvalue weighted by molar-refractivity contribution is 5.89. The minimum atomic E-state index is -1.66. The zero-order chi connectivity index (χ0) is 16.0. The van der Waals surface area contributed by atoms with Crippen LogP contribution < -0.4 is 0 Å². The summed E-state index contributed by atoms with van der Waals surface area (Å²) in [5.41, 5.74) is 1.05. The summed E-state index contributed by atoms with van der Waals surface area (Å²) >= 11 is 0. The number of nitrogens with zero attached hydrogens (tertiary/aromatic N) is 3. The highest BCUT2D eigenvalue weighted by Gasteiger charge is 2.45. The fraction of sp³-hybridized carbons (Fsp3) is 0.333. The Morgan fingerprint density at radius 3 is 2.87 bits per heavy atom. The Hall–Kier alpha value is -2.29. The van der Waals surface area contributed by atoms with Crippen molar-refractivity contribution in [2.24, 2.45) is 0 Å². The fourth-order valence-corrected chi connectivity index (χ4v) is 2.86. The molecule has 1 aliphatic heterocycles. The SMILES string of the molecule is OC[C@H]1O[C@@H](n2ccc3c(-c4ccco4)ncnc32)[C@H](F)[C@@H]1O. The number of rotatable bonds is 3. The molecule has 0 bridgehead atoms. The number of aliphatic hydroxyl groups excluding tert-OH is 2. The topological polar surface area (TPSA) is 93.5 Å². The first-order valence-corrected chi connectivity index (χ1v) is 7.14. The number of hydrogen-bond acceptors (Lipinski definition) is 6. The molecule has 0 radical (unpaired) electrons. The average molecular weight is 319 g/mol. The molecule has 4 rings (SSSR count). The highest BCUT2D eigenvalue weighted by atomic mass is 19.1. The van der Waals surface area contributed by atoms with Crippen molar-refractivity contribution in [3.05, 3.63) is 37.0 Å². The quantitative estimate of drug-likeness (QED) is 0.755. The van der Waals surface area contributed by atoms with Gasteiger partial charge >= 0.3 is 0 Å². The number of aliphatic hydroxyl groups is 2. The minimum absolute atomic E-state index is 0.454. The van der Waals surface area contributed by atoms with Crippen molar-refractivity contribution in [1.29, 1.82) is 0 Å². The second-order valence-electron chi connectivity index (χ2n) is 5.34. The predicted octanol–water partition coefficient (Wildman–Crippen LogP) is 1.28. The average Bonchev–Trinajstić information content (AvgIpc) is 3.28. The van der Waals surface area contributed by atoms with Crippen molar-refractivity contribution in [2.75, 3.05) is 6.61 Å². The molecule has 4 heterocycles. The van der Waals surface area contributed by atoms with Gasteiger partial charge in [0.25, 0.3) is 0 Å². The van der Waals surface area contributed by atoms with Crippen LogP contribution in [-0.2, 0) is 4.74 Å². The van der Waals surface area contributed by atoms with E-state index in [0.717, 1.165) is 0 Å². The molecule has 0 aliphatic carbocycles. The van der Waals surface area contributed by atoms with Gasteiger partial charge in [-0.05, 0) is 18.2 Å². The van der Waals surface area contributed by atoms with Crippen molar-refractivity contribution in [3.63, 3.8) is 0 Å². The molecule has 1 aliphatic rings. The van der Waals surface area contributed by atoms with E-state index in [9.17, 15) is 9.50 Å². The highest BCUT2D eigenvalue weighted by Crippen LogP contribution is 2.35. The van der Waals surface area contributed by atoms with Gasteiger partial charge in [0.05, 0.1) is 12.9 Å². The number of furan rings is 1. The maximum Gasteiger partial charge on any atom is 0.173 e. The summed E-state index contributed by atoms with van der Waals surface area (Å²) in [5, 5.41) is 19.6. The maximum absolute atomic E-state index is 14.3. The second-order valence-corrected chi connectivity index (χ2v) is 5.34. The van der Waals surface area contributed by atoms with Crippen LogP contribution in [0.5, 0.6) is 0 Å². The number of alkyl halides is 1. The van der Waals surface area contributed by atoms with Crippen molar-refractivity contribution in [1.82, 2.24) is 14.5 Å². The number of aromatic nitrogens is 3. The predicted molar refractivity (Wildman–Crippen MR) is 77.1 cm³/mol. The molecule has 1 fully saturated rings. The van der Waals surface area contributed by atoms with Crippen LogP contribution >= 0.6 is 0 Å². The molecule has 23 heavy (non-hydrogen) atoms. The van der Waals surface area contributed by atoms with Gasteiger partial charge in [0.2, 0.25) is 0 Å². The van der Waals surface area contributed by atoms with E-state index in [-0.39, 0.29) is 0 Å². The molecule has 4 atom stereocenters. The third-order valence-corrected chi connectivity index (χ3v) is 4.01. The first kappa shape index (κ1) is 14.3. The molecular formula is C15H14FN3O4. The van der Waals surface area contributed by atoms with Crippen molar-refractivity contribution < 1.29 is 23.8 Å². The Kier molecular flexibility index (Phi) is 3.37. The van der Waals surface area contributed by atoms with Gasteiger partial charge in [-0.15, -0.1) is 0 Å². The maximum atomic E-state index is 14.3. The van der Waals surface area contributed by atoms with Crippen molar-refractivity contribution in [2.45, 2.75) is 24.6 Å². The molecule has 0 unspecified atom stereocenters. The first-order valence-electron chi connectivity index (χ1n) is 7.14. The minimum Gasteiger partial charge on any atom is -0.463 e. The van der Waals surface area contributed by atoms with Gasteiger partial charge < -0.3 is 23.9 Å². The summed E-state index contributed by atoms with van der Waals surface area (Å²) in [4.78, 5) is 8.40. The van der Waals surface area contributed by atoms with Crippen molar-refractivity contribution in [3.8, 4) is 11.5 Å². The van der Waals surface area contributed by atoms with E-state index in [2.05, 4.69) is 9.97 Å². The van der Waals surface area contributed by atoms with Crippen LogP contribution in [-0.4, -0.2) is 49.7 Å². The van der Waals surface area contributed by atoms with Gasteiger partial charge in [0, 0.05) is 11.6 Å². The van der Waals surface area contributed by atoms with E-state index >= 15 is 0 Å². The summed E-state index contributed by atoms with van der Waals surface area (Å²) in [6.45, 7) is -0.454. The largest absolute Gasteiger partial charge is 0.463 e. The summed E-state index contributed by atoms with van der Waals surface area (Å²) in [7, 11) is 0. The molecule has 0 amide bonds. The van der Waals surface area contributed by atoms with E-state index in [1.807, 2.05) is 0 Å². The molecular weight excluding hydrogens is 305 g/mol. The smallest absolute Gasteiger partial charge is 0.173 e. The third kappa shape index (κ3) is 2.14. The molecule has 0 aromatic carbocycles. The summed E-state index contributed by atoms with van der Waals surface area (Å²) < 4.78 is 26.6. The number of hydrogen-bond donors (Lipinski definition) is 2. The fourth-order valence-electron chi connectivity index (χ4n) is 2.86. The Labute approximate surface area is 130 Å².